The Morgan fingerprint density at radius 1 is 1.17 bits per heavy atom. The molecule has 0 spiro atoms. The number of nitrogens with one attached hydrogen (secondary N) is 1. The van der Waals surface area contributed by atoms with Crippen LogP contribution in [-0.4, -0.2) is 21.4 Å². The van der Waals surface area contributed by atoms with Gasteiger partial charge >= 0.3 is 0 Å². The summed E-state index contributed by atoms with van der Waals surface area (Å²) >= 11 is 5.93. The summed E-state index contributed by atoms with van der Waals surface area (Å²) in [4.78, 5) is 12.4. The molecule has 1 N–H and O–H groups in total. The van der Waals surface area contributed by atoms with Crippen LogP contribution in [0.3, 0.4) is 0 Å². The van der Waals surface area contributed by atoms with Crippen LogP contribution in [0.5, 0.6) is 5.75 Å². The maximum atomic E-state index is 12.4. The lowest BCUT2D eigenvalue weighted by Crippen LogP contribution is -2.27. The molecule has 24 heavy (non-hydrogen) atoms. The number of carbonyl (C=O) groups is 1. The van der Waals surface area contributed by atoms with Crippen LogP contribution in [0.15, 0.2) is 47.4 Å². The lowest BCUT2D eigenvalue weighted by Gasteiger charge is -2.16. The van der Waals surface area contributed by atoms with Crippen LogP contribution in [0.25, 0.3) is 0 Å². The van der Waals surface area contributed by atoms with Crippen LogP contribution in [0.2, 0.25) is 5.02 Å². The highest BCUT2D eigenvalue weighted by Gasteiger charge is 2.17. The predicted molar refractivity (Wildman–Crippen MR) is 93.4 cm³/mol. The second-order valence-corrected chi connectivity index (χ2v) is 8.05. The van der Waals surface area contributed by atoms with Crippen molar-refractivity contribution in [1.29, 1.82) is 0 Å². The van der Waals surface area contributed by atoms with Crippen molar-refractivity contribution in [2.24, 2.45) is 0 Å². The van der Waals surface area contributed by atoms with Crippen LogP contribution < -0.4 is 10.1 Å². The van der Waals surface area contributed by atoms with Gasteiger partial charge in [-0.25, -0.2) is 8.42 Å². The smallest absolute Gasteiger partial charge is 0.261 e. The van der Waals surface area contributed by atoms with E-state index >= 15 is 0 Å². The Balaban J connectivity index is 2.19. The monoisotopic (exact) mass is 387 g/mol. The summed E-state index contributed by atoms with van der Waals surface area (Å²) in [6.07, 6.45) is 0. The van der Waals surface area contributed by atoms with E-state index in [2.05, 4.69) is 5.32 Å². The molecule has 0 aromatic heterocycles. The molecular weight excluding hydrogens is 373 g/mol. The van der Waals surface area contributed by atoms with Crippen LogP contribution in [-0.2, 0) is 9.05 Å². The number of hydrogen-bond donors (Lipinski definition) is 1. The van der Waals surface area contributed by atoms with Gasteiger partial charge in [-0.3, -0.25) is 4.79 Å². The number of rotatable bonds is 5. The number of methoxy groups -OCH3 is 1. The van der Waals surface area contributed by atoms with Crippen molar-refractivity contribution in [1.82, 2.24) is 5.32 Å². The third-order valence-electron chi connectivity index (χ3n) is 3.42. The molecule has 0 aliphatic heterocycles. The van der Waals surface area contributed by atoms with E-state index in [0.717, 1.165) is 5.56 Å². The first-order valence-electron chi connectivity index (χ1n) is 6.91. The third kappa shape index (κ3) is 4.41. The van der Waals surface area contributed by atoms with Gasteiger partial charge < -0.3 is 10.1 Å². The highest BCUT2D eigenvalue weighted by molar-refractivity contribution is 8.13. The Hall–Kier alpha value is -1.76. The normalized spacial score (nSPS) is 12.5. The molecule has 0 heterocycles. The summed E-state index contributed by atoms with van der Waals surface area (Å²) in [7, 11) is 2.97. The first-order chi connectivity index (χ1) is 11.2. The second kappa shape index (κ2) is 7.42. The number of hydrogen-bond acceptors (Lipinski definition) is 4. The summed E-state index contributed by atoms with van der Waals surface area (Å²) in [6, 6.07) is 10.4. The molecule has 128 valence electrons. The summed E-state index contributed by atoms with van der Waals surface area (Å²) in [5.41, 5.74) is 1.05. The van der Waals surface area contributed by atoms with E-state index in [4.69, 9.17) is 27.0 Å². The number of halogens is 2. The molecule has 2 rings (SSSR count). The highest BCUT2D eigenvalue weighted by atomic mass is 35.7. The average molecular weight is 388 g/mol. The second-order valence-electron chi connectivity index (χ2n) is 5.05. The molecule has 0 saturated heterocycles. The highest BCUT2D eigenvalue weighted by Crippen LogP contribution is 2.24. The minimum Gasteiger partial charge on any atom is -0.496 e. The van der Waals surface area contributed by atoms with Gasteiger partial charge in [-0.05, 0) is 42.8 Å². The van der Waals surface area contributed by atoms with Crippen LogP contribution in [0, 0.1) is 0 Å². The lowest BCUT2D eigenvalue weighted by atomic mass is 10.1. The zero-order valence-corrected chi connectivity index (χ0v) is 15.2. The molecule has 2 aromatic rings. The number of carbonyl (C=O) groups excluding carboxylic acids is 1. The van der Waals surface area contributed by atoms with E-state index in [0.29, 0.717) is 16.3 Å². The summed E-state index contributed by atoms with van der Waals surface area (Å²) < 4.78 is 27.7. The summed E-state index contributed by atoms with van der Waals surface area (Å²) in [6.45, 7) is 1.78. The molecule has 1 atom stereocenters. The molecule has 8 heteroatoms. The molecule has 5 nitrogen and oxygen atoms in total. The first-order valence-corrected chi connectivity index (χ1v) is 9.60. The molecule has 0 radical (unpaired) electrons. The molecule has 0 bridgehead atoms. The van der Waals surface area contributed by atoms with Crippen molar-refractivity contribution in [3.63, 3.8) is 0 Å². The van der Waals surface area contributed by atoms with Gasteiger partial charge in [0.25, 0.3) is 15.0 Å². The fraction of sp³-hybridized carbons (Fsp3) is 0.188. The van der Waals surface area contributed by atoms with Gasteiger partial charge in [-0.15, -0.1) is 0 Å². The molecule has 0 aliphatic rings. The summed E-state index contributed by atoms with van der Waals surface area (Å²) in [5, 5.41) is 3.23. The van der Waals surface area contributed by atoms with Crippen molar-refractivity contribution in [2.75, 3.05) is 7.11 Å². The topological polar surface area (TPSA) is 72.5 Å². The van der Waals surface area contributed by atoms with Crippen molar-refractivity contribution >= 4 is 37.2 Å². The Morgan fingerprint density at radius 3 is 2.33 bits per heavy atom. The zero-order chi connectivity index (χ0) is 17.9. The van der Waals surface area contributed by atoms with Crippen LogP contribution in [0.4, 0.5) is 0 Å². The Kier molecular flexibility index (Phi) is 5.74. The van der Waals surface area contributed by atoms with E-state index in [9.17, 15) is 13.2 Å². The lowest BCUT2D eigenvalue weighted by molar-refractivity contribution is 0.0937. The number of benzene rings is 2. The van der Waals surface area contributed by atoms with E-state index in [1.807, 2.05) is 0 Å². The van der Waals surface area contributed by atoms with Crippen molar-refractivity contribution in [3.8, 4) is 5.75 Å². The van der Waals surface area contributed by atoms with E-state index in [-0.39, 0.29) is 16.8 Å². The SMILES string of the molecule is COc1ccc(Cl)cc1C(=O)N[C@H](C)c1ccc(S(=O)(=O)Cl)cc1. The van der Waals surface area contributed by atoms with Crippen molar-refractivity contribution < 1.29 is 17.9 Å². The molecule has 0 fully saturated rings. The van der Waals surface area contributed by atoms with Gasteiger partial charge in [0, 0.05) is 15.7 Å². The number of ether oxygens (including phenoxy) is 1. The van der Waals surface area contributed by atoms with Crippen molar-refractivity contribution in [3.05, 3.63) is 58.6 Å². The van der Waals surface area contributed by atoms with Gasteiger partial charge in [0.15, 0.2) is 0 Å². The molecule has 0 saturated carbocycles. The minimum absolute atomic E-state index is 0.00273. The first kappa shape index (κ1) is 18.6. The minimum atomic E-state index is -3.77. The fourth-order valence-electron chi connectivity index (χ4n) is 2.13. The molecule has 1 amide bonds. The van der Waals surface area contributed by atoms with Crippen LogP contribution >= 0.6 is 22.3 Å². The van der Waals surface area contributed by atoms with E-state index in [1.54, 1.807) is 31.2 Å². The number of amides is 1. The Bertz CT molecular complexity index is 851. The average Bonchev–Trinajstić information content (AvgIpc) is 2.54. The van der Waals surface area contributed by atoms with Gasteiger partial charge in [-0.1, -0.05) is 23.7 Å². The predicted octanol–water partition coefficient (Wildman–Crippen LogP) is 3.77. The largest absolute Gasteiger partial charge is 0.496 e. The molecule has 0 aliphatic carbocycles. The van der Waals surface area contributed by atoms with Crippen LogP contribution in [0.1, 0.15) is 28.9 Å². The van der Waals surface area contributed by atoms with Gasteiger partial charge in [0.1, 0.15) is 5.75 Å². The molecule has 2 aromatic carbocycles. The Morgan fingerprint density at radius 2 is 1.79 bits per heavy atom. The maximum Gasteiger partial charge on any atom is 0.261 e. The van der Waals surface area contributed by atoms with Crippen molar-refractivity contribution in [2.45, 2.75) is 17.9 Å². The summed E-state index contributed by atoms with van der Waals surface area (Å²) in [5.74, 6) is 0.0589. The Labute approximate surface area is 150 Å². The van der Waals surface area contributed by atoms with Gasteiger partial charge in [0.2, 0.25) is 0 Å². The standard InChI is InChI=1S/C16H15Cl2NO4S/c1-10(11-3-6-13(7-4-11)24(18,21)22)19-16(20)14-9-12(17)5-8-15(14)23-2/h3-10H,1-2H3,(H,19,20)/t10-/m1/s1. The van der Waals surface area contributed by atoms with Gasteiger partial charge in [-0.2, -0.15) is 0 Å². The third-order valence-corrected chi connectivity index (χ3v) is 5.02. The van der Waals surface area contributed by atoms with E-state index in [1.165, 1.54) is 25.3 Å². The zero-order valence-electron chi connectivity index (χ0n) is 12.9. The van der Waals surface area contributed by atoms with Gasteiger partial charge in [0.05, 0.1) is 23.6 Å². The van der Waals surface area contributed by atoms with E-state index < -0.39 is 9.05 Å². The molecule has 0 unspecified atom stereocenters. The maximum absolute atomic E-state index is 12.4. The quantitative estimate of drug-likeness (QED) is 0.792. The molecular formula is C16H15Cl2NO4S. The fourth-order valence-corrected chi connectivity index (χ4v) is 3.08.